The SMILES string of the molecule is CCC(N)c1nc(-c2ccc(I)cc2)cs1. The highest BCUT2D eigenvalue weighted by atomic mass is 127. The number of nitrogens with two attached hydrogens (primary N) is 1. The average Bonchev–Trinajstić information content (AvgIpc) is 2.78. The van der Waals surface area contributed by atoms with Crippen molar-refractivity contribution >= 4 is 33.9 Å². The zero-order valence-corrected chi connectivity index (χ0v) is 12.0. The van der Waals surface area contributed by atoms with Crippen molar-refractivity contribution in [3.05, 3.63) is 38.2 Å². The van der Waals surface area contributed by atoms with Gasteiger partial charge in [0.25, 0.3) is 0 Å². The van der Waals surface area contributed by atoms with Crippen molar-refractivity contribution < 1.29 is 0 Å². The van der Waals surface area contributed by atoms with E-state index in [1.165, 1.54) is 3.57 Å². The second-order valence-corrected chi connectivity index (χ2v) is 5.73. The summed E-state index contributed by atoms with van der Waals surface area (Å²) in [6, 6.07) is 8.45. The molecule has 4 heteroatoms. The quantitative estimate of drug-likeness (QED) is 0.860. The van der Waals surface area contributed by atoms with Crippen molar-refractivity contribution in [3.63, 3.8) is 0 Å². The number of hydrogen-bond acceptors (Lipinski definition) is 3. The third-order valence-electron chi connectivity index (χ3n) is 2.42. The van der Waals surface area contributed by atoms with E-state index in [0.717, 1.165) is 22.7 Å². The minimum Gasteiger partial charge on any atom is -0.322 e. The largest absolute Gasteiger partial charge is 0.322 e. The molecular weight excluding hydrogens is 331 g/mol. The summed E-state index contributed by atoms with van der Waals surface area (Å²) in [5, 5.41) is 3.10. The average molecular weight is 344 g/mol. The molecule has 0 radical (unpaired) electrons. The van der Waals surface area contributed by atoms with Crippen LogP contribution in [0.4, 0.5) is 0 Å². The molecule has 0 saturated heterocycles. The molecule has 0 saturated carbocycles. The van der Waals surface area contributed by atoms with E-state index >= 15 is 0 Å². The number of benzene rings is 1. The van der Waals surface area contributed by atoms with Crippen LogP contribution >= 0.6 is 33.9 Å². The Balaban J connectivity index is 2.28. The lowest BCUT2D eigenvalue weighted by Gasteiger charge is -2.02. The van der Waals surface area contributed by atoms with Gasteiger partial charge in [-0.3, -0.25) is 0 Å². The first-order valence-electron chi connectivity index (χ1n) is 5.17. The van der Waals surface area contributed by atoms with Gasteiger partial charge in [0.05, 0.1) is 11.7 Å². The van der Waals surface area contributed by atoms with Crippen LogP contribution < -0.4 is 5.73 Å². The van der Waals surface area contributed by atoms with Crippen LogP contribution in [0.3, 0.4) is 0 Å². The van der Waals surface area contributed by atoms with Gasteiger partial charge in [-0.1, -0.05) is 19.1 Å². The van der Waals surface area contributed by atoms with Gasteiger partial charge in [-0.2, -0.15) is 0 Å². The number of thiazole rings is 1. The molecule has 0 aliphatic heterocycles. The number of halogens is 1. The summed E-state index contributed by atoms with van der Waals surface area (Å²) in [7, 11) is 0. The number of nitrogens with zero attached hydrogens (tertiary/aromatic N) is 1. The van der Waals surface area contributed by atoms with Crippen LogP contribution in [0.25, 0.3) is 11.3 Å². The maximum atomic E-state index is 5.96. The maximum absolute atomic E-state index is 5.96. The van der Waals surface area contributed by atoms with Gasteiger partial charge in [-0.15, -0.1) is 11.3 Å². The van der Waals surface area contributed by atoms with E-state index < -0.39 is 0 Å². The van der Waals surface area contributed by atoms with E-state index in [1.54, 1.807) is 11.3 Å². The summed E-state index contributed by atoms with van der Waals surface area (Å²) in [6.45, 7) is 2.08. The minimum absolute atomic E-state index is 0.0719. The van der Waals surface area contributed by atoms with Crippen molar-refractivity contribution in [2.45, 2.75) is 19.4 Å². The molecule has 1 atom stereocenters. The summed E-state index contributed by atoms with van der Waals surface area (Å²) in [4.78, 5) is 4.57. The first-order valence-corrected chi connectivity index (χ1v) is 7.13. The fraction of sp³-hybridized carbons (Fsp3) is 0.250. The highest BCUT2D eigenvalue weighted by molar-refractivity contribution is 14.1. The topological polar surface area (TPSA) is 38.9 Å². The lowest BCUT2D eigenvalue weighted by Crippen LogP contribution is -2.07. The van der Waals surface area contributed by atoms with Gasteiger partial charge in [0.15, 0.2) is 0 Å². The van der Waals surface area contributed by atoms with Gasteiger partial charge in [0.1, 0.15) is 5.01 Å². The molecule has 0 spiro atoms. The Morgan fingerprint density at radius 3 is 2.69 bits per heavy atom. The van der Waals surface area contributed by atoms with Crippen LogP contribution in [-0.2, 0) is 0 Å². The molecule has 0 aliphatic rings. The molecule has 0 aliphatic carbocycles. The molecule has 2 rings (SSSR count). The molecular formula is C12H13IN2S. The lowest BCUT2D eigenvalue weighted by atomic mass is 10.2. The van der Waals surface area contributed by atoms with Crippen molar-refractivity contribution in [1.82, 2.24) is 4.98 Å². The fourth-order valence-electron chi connectivity index (χ4n) is 1.39. The zero-order valence-electron chi connectivity index (χ0n) is 8.98. The van der Waals surface area contributed by atoms with Gasteiger partial charge < -0.3 is 5.73 Å². The van der Waals surface area contributed by atoms with Gasteiger partial charge in [0.2, 0.25) is 0 Å². The van der Waals surface area contributed by atoms with Crippen molar-refractivity contribution in [2.24, 2.45) is 5.73 Å². The van der Waals surface area contributed by atoms with E-state index in [1.807, 2.05) is 0 Å². The van der Waals surface area contributed by atoms with E-state index in [2.05, 4.69) is 64.1 Å². The molecule has 2 N–H and O–H groups in total. The minimum atomic E-state index is 0.0719. The first kappa shape index (κ1) is 12.0. The van der Waals surface area contributed by atoms with Crippen molar-refractivity contribution in [2.75, 3.05) is 0 Å². The van der Waals surface area contributed by atoms with Crippen molar-refractivity contribution in [3.8, 4) is 11.3 Å². The molecule has 1 aromatic heterocycles. The lowest BCUT2D eigenvalue weighted by molar-refractivity contribution is 0.693. The van der Waals surface area contributed by atoms with Crippen molar-refractivity contribution in [1.29, 1.82) is 0 Å². The first-order chi connectivity index (χ1) is 7.70. The van der Waals surface area contributed by atoms with E-state index in [9.17, 15) is 0 Å². The Kier molecular flexibility index (Phi) is 3.94. The fourth-order valence-corrected chi connectivity index (χ4v) is 2.66. The summed E-state index contributed by atoms with van der Waals surface area (Å²) >= 11 is 3.94. The zero-order chi connectivity index (χ0) is 11.5. The number of aromatic nitrogens is 1. The molecule has 0 bridgehead atoms. The van der Waals surface area contributed by atoms with Crippen LogP contribution in [0.5, 0.6) is 0 Å². The Bertz CT molecular complexity index is 464. The second-order valence-electron chi connectivity index (χ2n) is 3.59. The Hall–Kier alpha value is -0.460. The van der Waals surface area contributed by atoms with E-state index in [-0.39, 0.29) is 6.04 Å². The highest BCUT2D eigenvalue weighted by Gasteiger charge is 2.09. The summed E-state index contributed by atoms with van der Waals surface area (Å²) in [5.41, 5.74) is 8.14. The Labute approximate surface area is 113 Å². The molecule has 0 amide bonds. The van der Waals surface area contributed by atoms with Gasteiger partial charge in [-0.25, -0.2) is 4.98 Å². The summed E-state index contributed by atoms with van der Waals surface area (Å²) in [5.74, 6) is 0. The van der Waals surface area contributed by atoms with Crippen LogP contribution in [0, 0.1) is 3.57 Å². The molecule has 2 aromatic rings. The van der Waals surface area contributed by atoms with Crippen LogP contribution in [0.2, 0.25) is 0 Å². The standard InChI is InChI=1S/C12H13IN2S/c1-2-10(14)12-15-11(7-16-12)8-3-5-9(13)6-4-8/h3-7,10H,2,14H2,1H3. The van der Waals surface area contributed by atoms with Gasteiger partial charge in [-0.05, 0) is 41.1 Å². The van der Waals surface area contributed by atoms with Crippen LogP contribution in [0.1, 0.15) is 24.4 Å². The summed E-state index contributed by atoms with van der Waals surface area (Å²) < 4.78 is 1.24. The molecule has 2 nitrogen and oxygen atoms in total. The molecule has 1 heterocycles. The van der Waals surface area contributed by atoms with E-state index in [0.29, 0.717) is 0 Å². The smallest absolute Gasteiger partial charge is 0.110 e. The molecule has 16 heavy (non-hydrogen) atoms. The van der Waals surface area contributed by atoms with Gasteiger partial charge in [0, 0.05) is 14.5 Å². The van der Waals surface area contributed by atoms with E-state index in [4.69, 9.17) is 5.73 Å². The predicted molar refractivity (Wildman–Crippen MR) is 77.5 cm³/mol. The van der Waals surface area contributed by atoms with Crippen LogP contribution in [0.15, 0.2) is 29.6 Å². The molecule has 1 unspecified atom stereocenters. The molecule has 0 fully saturated rings. The third kappa shape index (κ3) is 2.61. The second kappa shape index (κ2) is 5.25. The Morgan fingerprint density at radius 1 is 1.38 bits per heavy atom. The Morgan fingerprint density at radius 2 is 2.06 bits per heavy atom. The van der Waals surface area contributed by atoms with Gasteiger partial charge >= 0.3 is 0 Å². The predicted octanol–water partition coefficient (Wildman–Crippen LogP) is 3.82. The summed E-state index contributed by atoms with van der Waals surface area (Å²) in [6.07, 6.45) is 0.930. The molecule has 84 valence electrons. The monoisotopic (exact) mass is 344 g/mol. The molecule has 1 aromatic carbocycles. The number of hydrogen-bond donors (Lipinski definition) is 1. The third-order valence-corrected chi connectivity index (χ3v) is 4.11. The normalized spacial score (nSPS) is 12.7. The maximum Gasteiger partial charge on any atom is 0.110 e. The highest BCUT2D eigenvalue weighted by Crippen LogP contribution is 2.26. The van der Waals surface area contributed by atoms with Crippen LogP contribution in [-0.4, -0.2) is 4.98 Å². The number of rotatable bonds is 3.